The zero-order valence-corrected chi connectivity index (χ0v) is 9.33. The van der Waals surface area contributed by atoms with Crippen molar-refractivity contribution in [2.45, 2.75) is 13.3 Å². The lowest BCUT2D eigenvalue weighted by molar-refractivity contribution is 0.597. The molecule has 0 spiro atoms. The van der Waals surface area contributed by atoms with E-state index in [1.54, 1.807) is 21.9 Å². The van der Waals surface area contributed by atoms with Gasteiger partial charge in [0.05, 0.1) is 0 Å². The molecule has 0 aliphatic heterocycles. The first-order valence-corrected chi connectivity index (χ1v) is 5.68. The Morgan fingerprint density at radius 2 is 2.47 bits per heavy atom. The van der Waals surface area contributed by atoms with Crippen molar-refractivity contribution in [2.24, 2.45) is 11.7 Å². The third-order valence-corrected chi connectivity index (χ3v) is 3.31. The molecule has 0 fully saturated rings. The molecule has 2 rings (SSSR count). The number of fused-ring (bicyclic) bond motifs is 1. The van der Waals surface area contributed by atoms with E-state index in [1.807, 2.05) is 6.20 Å². The van der Waals surface area contributed by atoms with Crippen LogP contribution in [0.5, 0.6) is 0 Å². The summed E-state index contributed by atoms with van der Waals surface area (Å²) >= 11 is 1.55. The Morgan fingerprint density at radius 1 is 1.67 bits per heavy atom. The van der Waals surface area contributed by atoms with Crippen LogP contribution in [0.1, 0.15) is 11.8 Å². The van der Waals surface area contributed by atoms with Gasteiger partial charge in [0.25, 0.3) is 5.56 Å². The van der Waals surface area contributed by atoms with Crippen LogP contribution in [0.25, 0.3) is 4.96 Å². The number of aromatic nitrogens is 2. The molecule has 0 aliphatic rings. The summed E-state index contributed by atoms with van der Waals surface area (Å²) in [5.41, 5.74) is 5.54. The van der Waals surface area contributed by atoms with Crippen molar-refractivity contribution in [2.75, 3.05) is 6.54 Å². The number of nitrogens with zero attached hydrogens (tertiary/aromatic N) is 2. The fourth-order valence-electron chi connectivity index (χ4n) is 1.40. The van der Waals surface area contributed by atoms with Gasteiger partial charge in [0.15, 0.2) is 4.96 Å². The van der Waals surface area contributed by atoms with E-state index in [2.05, 4.69) is 11.9 Å². The lowest BCUT2D eigenvalue weighted by atomic mass is 10.1. The number of thiazole rings is 1. The topological polar surface area (TPSA) is 60.4 Å². The summed E-state index contributed by atoms with van der Waals surface area (Å²) in [6.45, 7) is 2.76. The lowest BCUT2D eigenvalue weighted by Gasteiger charge is -2.03. The highest BCUT2D eigenvalue weighted by Crippen LogP contribution is 2.17. The van der Waals surface area contributed by atoms with E-state index in [9.17, 15) is 4.79 Å². The normalized spacial score (nSPS) is 13.2. The Morgan fingerprint density at radius 3 is 3.13 bits per heavy atom. The van der Waals surface area contributed by atoms with Gasteiger partial charge in [0.2, 0.25) is 0 Å². The van der Waals surface area contributed by atoms with Gasteiger partial charge < -0.3 is 5.73 Å². The quantitative estimate of drug-likeness (QED) is 0.840. The van der Waals surface area contributed by atoms with Crippen molar-refractivity contribution in [3.63, 3.8) is 0 Å². The number of rotatable bonds is 3. The number of hydrogen-bond acceptors (Lipinski definition) is 4. The van der Waals surface area contributed by atoms with Crippen LogP contribution in [0.3, 0.4) is 0 Å². The molecule has 2 aromatic rings. The highest BCUT2D eigenvalue weighted by atomic mass is 32.1. The van der Waals surface area contributed by atoms with Gasteiger partial charge in [-0.3, -0.25) is 9.20 Å². The molecular weight excluding hydrogens is 210 g/mol. The van der Waals surface area contributed by atoms with Crippen molar-refractivity contribution >= 4 is 16.3 Å². The van der Waals surface area contributed by atoms with Gasteiger partial charge >= 0.3 is 0 Å². The molecular formula is C10H13N3OS. The minimum atomic E-state index is -0.0251. The molecule has 5 heteroatoms. The second-order valence-corrected chi connectivity index (χ2v) is 4.77. The predicted octanol–water partition coefficient (Wildman–Crippen LogP) is 0.893. The Balaban J connectivity index is 2.39. The minimum Gasteiger partial charge on any atom is -0.330 e. The largest absolute Gasteiger partial charge is 0.330 e. The highest BCUT2D eigenvalue weighted by Gasteiger charge is 2.07. The maximum Gasteiger partial charge on any atom is 0.258 e. The van der Waals surface area contributed by atoms with Gasteiger partial charge in [-0.25, -0.2) is 4.98 Å². The van der Waals surface area contributed by atoms with Crippen molar-refractivity contribution in [3.05, 3.63) is 33.7 Å². The van der Waals surface area contributed by atoms with Crippen LogP contribution in [0, 0.1) is 5.92 Å². The molecule has 80 valence electrons. The van der Waals surface area contributed by atoms with Crippen LogP contribution in [-0.4, -0.2) is 15.9 Å². The van der Waals surface area contributed by atoms with Crippen LogP contribution >= 0.6 is 11.3 Å². The third kappa shape index (κ3) is 2.08. The van der Waals surface area contributed by atoms with Crippen LogP contribution < -0.4 is 11.3 Å². The second kappa shape index (κ2) is 4.12. The molecule has 0 radical (unpaired) electrons. The Bertz CT molecular complexity index is 517. The Labute approximate surface area is 91.4 Å². The molecule has 0 amide bonds. The lowest BCUT2D eigenvalue weighted by Crippen LogP contribution is -2.13. The van der Waals surface area contributed by atoms with E-state index >= 15 is 0 Å². The molecule has 0 aliphatic carbocycles. The van der Waals surface area contributed by atoms with E-state index in [0.29, 0.717) is 12.5 Å². The summed E-state index contributed by atoms with van der Waals surface area (Å²) in [7, 11) is 0. The Hall–Kier alpha value is -1.20. The zero-order valence-electron chi connectivity index (χ0n) is 8.51. The van der Waals surface area contributed by atoms with E-state index in [0.717, 1.165) is 16.3 Å². The molecule has 0 saturated heterocycles. The van der Waals surface area contributed by atoms with Crippen molar-refractivity contribution in [3.8, 4) is 0 Å². The fraction of sp³-hybridized carbons (Fsp3) is 0.400. The number of nitrogens with two attached hydrogens (primary N) is 1. The first-order valence-electron chi connectivity index (χ1n) is 4.87. The maximum atomic E-state index is 11.5. The van der Waals surface area contributed by atoms with Gasteiger partial charge in [-0.2, -0.15) is 0 Å². The van der Waals surface area contributed by atoms with Crippen LogP contribution in [0.2, 0.25) is 0 Å². The third-order valence-electron chi connectivity index (χ3n) is 2.29. The summed E-state index contributed by atoms with van der Waals surface area (Å²) in [6, 6.07) is 1.47. The minimum absolute atomic E-state index is 0.0251. The maximum absolute atomic E-state index is 11.5. The highest BCUT2D eigenvalue weighted by molar-refractivity contribution is 7.17. The first-order chi connectivity index (χ1) is 7.20. The molecule has 0 saturated carbocycles. The van der Waals surface area contributed by atoms with Crippen LogP contribution in [0.15, 0.2) is 23.3 Å². The summed E-state index contributed by atoms with van der Waals surface area (Å²) in [5, 5.41) is 0. The summed E-state index contributed by atoms with van der Waals surface area (Å²) < 4.78 is 1.59. The van der Waals surface area contributed by atoms with Crippen molar-refractivity contribution < 1.29 is 0 Å². The zero-order chi connectivity index (χ0) is 10.8. The molecule has 1 unspecified atom stereocenters. The first kappa shape index (κ1) is 10.3. The molecule has 0 bridgehead atoms. The molecule has 2 aromatic heterocycles. The van der Waals surface area contributed by atoms with E-state index in [1.165, 1.54) is 6.07 Å². The van der Waals surface area contributed by atoms with Crippen molar-refractivity contribution in [1.29, 1.82) is 0 Å². The van der Waals surface area contributed by atoms with Crippen LogP contribution in [-0.2, 0) is 6.42 Å². The average molecular weight is 223 g/mol. The molecule has 2 N–H and O–H groups in total. The van der Waals surface area contributed by atoms with Gasteiger partial charge in [0.1, 0.15) is 0 Å². The molecule has 1 atom stereocenters. The number of hydrogen-bond donors (Lipinski definition) is 1. The molecule has 15 heavy (non-hydrogen) atoms. The van der Waals surface area contributed by atoms with E-state index < -0.39 is 0 Å². The molecule has 2 heterocycles. The second-order valence-electron chi connectivity index (χ2n) is 3.68. The summed E-state index contributed by atoms with van der Waals surface area (Å²) in [5.74, 6) is 0.439. The van der Waals surface area contributed by atoms with E-state index in [4.69, 9.17) is 5.73 Å². The summed E-state index contributed by atoms with van der Waals surface area (Å²) in [4.78, 5) is 17.5. The van der Waals surface area contributed by atoms with Gasteiger partial charge in [-0.1, -0.05) is 6.92 Å². The van der Waals surface area contributed by atoms with Gasteiger partial charge in [-0.15, -0.1) is 11.3 Å². The standard InChI is InChI=1S/C10H13N3OS/c1-7(5-11)4-8-6-13-9(14)2-3-12-10(13)15-8/h2-3,6-7H,4-5,11H2,1H3. The summed E-state index contributed by atoms with van der Waals surface area (Å²) in [6.07, 6.45) is 4.32. The monoisotopic (exact) mass is 223 g/mol. The smallest absolute Gasteiger partial charge is 0.258 e. The van der Waals surface area contributed by atoms with Gasteiger partial charge in [-0.05, 0) is 18.9 Å². The fourth-order valence-corrected chi connectivity index (χ4v) is 2.52. The molecule has 0 aromatic carbocycles. The van der Waals surface area contributed by atoms with Crippen molar-refractivity contribution in [1.82, 2.24) is 9.38 Å². The van der Waals surface area contributed by atoms with Gasteiger partial charge in [0, 0.05) is 23.3 Å². The molecule has 4 nitrogen and oxygen atoms in total. The average Bonchev–Trinajstić information content (AvgIpc) is 2.62. The van der Waals surface area contributed by atoms with Crippen LogP contribution in [0.4, 0.5) is 0 Å². The predicted molar refractivity (Wildman–Crippen MR) is 61.3 cm³/mol. The Kier molecular flexibility index (Phi) is 2.83. The SMILES string of the molecule is CC(CN)Cc1cn2c(=O)ccnc2s1. The van der Waals surface area contributed by atoms with E-state index in [-0.39, 0.29) is 5.56 Å².